The van der Waals surface area contributed by atoms with Gasteiger partial charge in [0.1, 0.15) is 0 Å². The Balaban J connectivity index is 2.63. The van der Waals surface area contributed by atoms with Gasteiger partial charge >= 0.3 is 0 Å². The molecule has 2 aromatic rings. The number of nitrogens with zero attached hydrogens (tertiary/aromatic N) is 3. The van der Waals surface area contributed by atoms with E-state index in [0.717, 1.165) is 28.2 Å². The monoisotopic (exact) mass is 243 g/mol. The minimum Gasteiger partial charge on any atom is -0.387 e. The van der Waals surface area contributed by atoms with Crippen molar-refractivity contribution >= 4 is 11.7 Å². The summed E-state index contributed by atoms with van der Waals surface area (Å²) >= 11 is 0. The second-order valence-corrected chi connectivity index (χ2v) is 4.39. The van der Waals surface area contributed by atoms with Crippen molar-refractivity contribution in [3.05, 3.63) is 29.2 Å². The first-order valence-electron chi connectivity index (χ1n) is 5.79. The summed E-state index contributed by atoms with van der Waals surface area (Å²) in [5.41, 5.74) is 10.5. The first-order valence-corrected chi connectivity index (χ1v) is 5.79. The molecule has 0 aliphatic carbocycles. The molecule has 2 heterocycles. The highest BCUT2D eigenvalue weighted by molar-refractivity contribution is 5.85. The molecule has 94 valence electrons. The van der Waals surface area contributed by atoms with E-state index in [9.17, 15) is 0 Å². The summed E-state index contributed by atoms with van der Waals surface area (Å²) in [6.07, 6.45) is 0. The van der Waals surface area contributed by atoms with Crippen LogP contribution in [0.4, 0.5) is 5.82 Å². The molecule has 0 unspecified atom stereocenters. The van der Waals surface area contributed by atoms with Crippen LogP contribution in [0.1, 0.15) is 24.0 Å². The van der Waals surface area contributed by atoms with Crippen LogP contribution in [0, 0.1) is 20.8 Å². The van der Waals surface area contributed by atoms with E-state index >= 15 is 0 Å². The number of aromatic nitrogens is 3. The van der Waals surface area contributed by atoms with Crippen molar-refractivity contribution in [2.45, 2.75) is 27.7 Å². The number of rotatable bonds is 2. The SMILES string of the molecule is CC(N)=Nc1n[nH]c(C)c1-c1ccc(C)nc1C. The zero-order valence-corrected chi connectivity index (χ0v) is 11.1. The number of pyridine rings is 1. The van der Waals surface area contributed by atoms with E-state index in [1.807, 2.05) is 32.9 Å². The second kappa shape index (κ2) is 4.60. The van der Waals surface area contributed by atoms with Gasteiger partial charge in [-0.3, -0.25) is 10.1 Å². The number of nitrogens with one attached hydrogen (secondary N) is 1. The molecule has 0 bridgehead atoms. The fourth-order valence-electron chi connectivity index (χ4n) is 1.94. The average Bonchev–Trinajstić information content (AvgIpc) is 2.60. The highest BCUT2D eigenvalue weighted by Gasteiger charge is 2.14. The maximum atomic E-state index is 5.62. The van der Waals surface area contributed by atoms with E-state index in [0.29, 0.717) is 11.7 Å². The molecular formula is C13H17N5. The molecule has 2 aromatic heterocycles. The Morgan fingerprint density at radius 1 is 1.28 bits per heavy atom. The fraction of sp³-hybridized carbons (Fsp3) is 0.308. The summed E-state index contributed by atoms with van der Waals surface area (Å²) in [6, 6.07) is 4.03. The van der Waals surface area contributed by atoms with Crippen LogP contribution in [0.5, 0.6) is 0 Å². The molecule has 0 spiro atoms. The Hall–Kier alpha value is -2.17. The van der Waals surface area contributed by atoms with Crippen LogP contribution in [0.3, 0.4) is 0 Å². The molecule has 0 atom stereocenters. The summed E-state index contributed by atoms with van der Waals surface area (Å²) in [6.45, 7) is 7.67. The Morgan fingerprint density at radius 2 is 2.00 bits per heavy atom. The van der Waals surface area contributed by atoms with E-state index in [1.54, 1.807) is 6.92 Å². The standard InChI is InChI=1S/C13H17N5/c1-7-5-6-11(8(2)15-7)12-9(3)17-18-13(12)16-10(4)14/h5-6H,1-4H3,(H3,14,16,17,18). The summed E-state index contributed by atoms with van der Waals surface area (Å²) in [5, 5.41) is 7.12. The van der Waals surface area contributed by atoms with E-state index in [4.69, 9.17) is 5.73 Å². The number of H-pyrrole nitrogens is 1. The van der Waals surface area contributed by atoms with Gasteiger partial charge in [0, 0.05) is 22.6 Å². The number of hydrogen-bond acceptors (Lipinski definition) is 3. The molecule has 0 amide bonds. The van der Waals surface area contributed by atoms with E-state index in [2.05, 4.69) is 20.2 Å². The predicted octanol–water partition coefficient (Wildman–Crippen LogP) is 2.41. The van der Waals surface area contributed by atoms with Crippen molar-refractivity contribution in [3.63, 3.8) is 0 Å². The Labute approximate surface area is 106 Å². The Bertz CT molecular complexity index is 606. The lowest BCUT2D eigenvalue weighted by Gasteiger charge is -2.06. The van der Waals surface area contributed by atoms with Crippen LogP contribution in [0.25, 0.3) is 11.1 Å². The normalized spacial score (nSPS) is 11.9. The number of amidine groups is 1. The number of aliphatic imine (C=N–C) groups is 1. The van der Waals surface area contributed by atoms with Crippen molar-refractivity contribution in [2.75, 3.05) is 0 Å². The van der Waals surface area contributed by atoms with Gasteiger partial charge in [-0.2, -0.15) is 5.10 Å². The minimum absolute atomic E-state index is 0.487. The largest absolute Gasteiger partial charge is 0.387 e. The number of aromatic amines is 1. The van der Waals surface area contributed by atoms with Crippen LogP contribution >= 0.6 is 0 Å². The zero-order valence-electron chi connectivity index (χ0n) is 11.1. The van der Waals surface area contributed by atoms with Crippen molar-refractivity contribution in [2.24, 2.45) is 10.7 Å². The van der Waals surface area contributed by atoms with Crippen molar-refractivity contribution in [1.82, 2.24) is 15.2 Å². The summed E-state index contributed by atoms with van der Waals surface area (Å²) in [4.78, 5) is 8.71. The van der Waals surface area contributed by atoms with Gasteiger partial charge in [-0.15, -0.1) is 0 Å². The first kappa shape index (κ1) is 12.3. The van der Waals surface area contributed by atoms with Crippen molar-refractivity contribution in [1.29, 1.82) is 0 Å². The molecule has 0 aliphatic heterocycles. The van der Waals surface area contributed by atoms with Gasteiger partial charge in [0.05, 0.1) is 11.4 Å². The maximum Gasteiger partial charge on any atom is 0.183 e. The minimum atomic E-state index is 0.487. The molecule has 0 aliphatic rings. The van der Waals surface area contributed by atoms with Crippen LogP contribution in [-0.2, 0) is 0 Å². The van der Waals surface area contributed by atoms with Crippen LogP contribution < -0.4 is 5.73 Å². The quantitative estimate of drug-likeness (QED) is 0.628. The lowest BCUT2D eigenvalue weighted by molar-refractivity contribution is 1.04. The van der Waals surface area contributed by atoms with Crippen LogP contribution in [0.2, 0.25) is 0 Å². The molecule has 0 aromatic carbocycles. The molecule has 3 N–H and O–H groups in total. The zero-order chi connectivity index (χ0) is 13.3. The lowest BCUT2D eigenvalue weighted by atomic mass is 10.0. The third kappa shape index (κ3) is 2.25. The number of nitrogens with two attached hydrogens (primary N) is 1. The number of hydrogen-bond donors (Lipinski definition) is 2. The molecule has 0 saturated carbocycles. The number of aryl methyl sites for hydroxylation is 3. The van der Waals surface area contributed by atoms with Crippen LogP contribution in [0.15, 0.2) is 17.1 Å². The predicted molar refractivity (Wildman–Crippen MR) is 73.0 cm³/mol. The molecular weight excluding hydrogens is 226 g/mol. The fourth-order valence-corrected chi connectivity index (χ4v) is 1.94. The average molecular weight is 243 g/mol. The van der Waals surface area contributed by atoms with E-state index < -0.39 is 0 Å². The van der Waals surface area contributed by atoms with E-state index in [-0.39, 0.29) is 0 Å². The topological polar surface area (TPSA) is 80.0 Å². The van der Waals surface area contributed by atoms with Gasteiger partial charge in [0.25, 0.3) is 0 Å². The third-order valence-electron chi connectivity index (χ3n) is 2.70. The first-order chi connectivity index (χ1) is 8.49. The third-order valence-corrected chi connectivity index (χ3v) is 2.70. The molecule has 0 fully saturated rings. The molecule has 0 radical (unpaired) electrons. The lowest BCUT2D eigenvalue weighted by Crippen LogP contribution is -2.04. The molecule has 18 heavy (non-hydrogen) atoms. The highest BCUT2D eigenvalue weighted by atomic mass is 15.2. The van der Waals surface area contributed by atoms with E-state index in [1.165, 1.54) is 0 Å². The van der Waals surface area contributed by atoms with Gasteiger partial charge in [0.15, 0.2) is 5.82 Å². The smallest absolute Gasteiger partial charge is 0.183 e. The van der Waals surface area contributed by atoms with Crippen LogP contribution in [-0.4, -0.2) is 21.0 Å². The summed E-state index contributed by atoms with van der Waals surface area (Å²) in [5.74, 6) is 1.10. The van der Waals surface area contributed by atoms with Gasteiger partial charge in [-0.05, 0) is 33.8 Å². The highest BCUT2D eigenvalue weighted by Crippen LogP contribution is 2.32. The molecule has 5 heteroatoms. The molecule has 2 rings (SSSR count). The Kier molecular flexibility index (Phi) is 3.14. The summed E-state index contributed by atoms with van der Waals surface area (Å²) < 4.78 is 0. The maximum absolute atomic E-state index is 5.62. The second-order valence-electron chi connectivity index (χ2n) is 4.39. The van der Waals surface area contributed by atoms with Gasteiger partial charge in [0.2, 0.25) is 0 Å². The van der Waals surface area contributed by atoms with Crippen molar-refractivity contribution < 1.29 is 0 Å². The summed E-state index contributed by atoms with van der Waals surface area (Å²) in [7, 11) is 0. The van der Waals surface area contributed by atoms with Gasteiger partial charge in [-0.25, -0.2) is 4.99 Å². The molecule has 0 saturated heterocycles. The van der Waals surface area contributed by atoms with Crippen molar-refractivity contribution in [3.8, 4) is 11.1 Å². The Morgan fingerprint density at radius 3 is 2.61 bits per heavy atom. The molecule has 5 nitrogen and oxygen atoms in total. The van der Waals surface area contributed by atoms with Gasteiger partial charge in [-0.1, -0.05) is 6.07 Å². The van der Waals surface area contributed by atoms with Gasteiger partial charge < -0.3 is 5.73 Å².